The molecule has 2 aromatic rings. The minimum atomic E-state index is -3.51. The topological polar surface area (TPSA) is 62.6 Å². The summed E-state index contributed by atoms with van der Waals surface area (Å²) in [6.45, 7) is 2.54. The van der Waals surface area contributed by atoms with Gasteiger partial charge in [-0.25, -0.2) is 12.7 Å². The van der Waals surface area contributed by atoms with Crippen LogP contribution in [0.1, 0.15) is 18.2 Å². The van der Waals surface area contributed by atoms with Crippen LogP contribution in [0, 0.1) is 0 Å². The molecule has 0 aliphatic rings. The Morgan fingerprint density at radius 1 is 1.19 bits per heavy atom. The maximum atomic E-state index is 11.9. The van der Waals surface area contributed by atoms with Crippen LogP contribution in [0.15, 0.2) is 45.9 Å². The van der Waals surface area contributed by atoms with Gasteiger partial charge in [0, 0.05) is 19.8 Å². The largest absolute Gasteiger partial charge is 0.446 e. The van der Waals surface area contributed by atoms with Crippen LogP contribution in [0.2, 0.25) is 0 Å². The zero-order valence-corrected chi connectivity index (χ0v) is 13.3. The van der Waals surface area contributed by atoms with Crippen LogP contribution < -0.4 is 5.32 Å². The Morgan fingerprint density at radius 2 is 1.95 bits per heavy atom. The molecule has 5 nitrogen and oxygen atoms in total. The molecule has 0 unspecified atom stereocenters. The van der Waals surface area contributed by atoms with Crippen molar-refractivity contribution in [2.24, 2.45) is 0 Å². The van der Waals surface area contributed by atoms with Crippen LogP contribution >= 0.6 is 0 Å². The highest BCUT2D eigenvalue weighted by atomic mass is 32.2. The molecule has 0 fully saturated rings. The molecular formula is C15H20N2O3S. The lowest BCUT2D eigenvalue weighted by atomic mass is 10.1. The van der Waals surface area contributed by atoms with Gasteiger partial charge in [-0.15, -0.1) is 0 Å². The van der Waals surface area contributed by atoms with Crippen molar-refractivity contribution in [2.45, 2.75) is 25.0 Å². The van der Waals surface area contributed by atoms with Crippen molar-refractivity contribution in [1.29, 1.82) is 0 Å². The minimum absolute atomic E-state index is 0.0355. The maximum Gasteiger partial charge on any atom is 0.275 e. The molecular weight excluding hydrogens is 288 g/mol. The summed E-state index contributed by atoms with van der Waals surface area (Å²) in [4.78, 5) is 0. The predicted molar refractivity (Wildman–Crippen MR) is 82.7 cm³/mol. The number of rotatable bonds is 6. The molecule has 6 heteroatoms. The average Bonchev–Trinajstić information content (AvgIpc) is 2.94. The average molecular weight is 308 g/mol. The van der Waals surface area contributed by atoms with Gasteiger partial charge in [-0.3, -0.25) is 0 Å². The van der Waals surface area contributed by atoms with Gasteiger partial charge in [-0.2, -0.15) is 0 Å². The molecule has 0 aliphatic carbocycles. The zero-order chi connectivity index (χ0) is 15.5. The molecule has 0 aliphatic heterocycles. The third-order valence-corrected chi connectivity index (χ3v) is 4.86. The molecule has 21 heavy (non-hydrogen) atoms. The summed E-state index contributed by atoms with van der Waals surface area (Å²) in [5.41, 5.74) is 2.23. The van der Waals surface area contributed by atoms with Crippen molar-refractivity contribution in [3.8, 4) is 0 Å². The first-order chi connectivity index (χ1) is 9.93. The molecule has 1 aromatic carbocycles. The normalized spacial score (nSPS) is 11.8. The number of hydrogen-bond donors (Lipinski definition) is 1. The summed E-state index contributed by atoms with van der Waals surface area (Å²) >= 11 is 0. The van der Waals surface area contributed by atoms with E-state index in [1.54, 1.807) is 6.07 Å². The van der Waals surface area contributed by atoms with E-state index in [2.05, 4.69) is 24.4 Å². The van der Waals surface area contributed by atoms with E-state index in [0.717, 1.165) is 16.4 Å². The van der Waals surface area contributed by atoms with Crippen LogP contribution in [0.3, 0.4) is 0 Å². The van der Waals surface area contributed by atoms with Gasteiger partial charge < -0.3 is 9.73 Å². The molecule has 0 saturated carbocycles. The summed E-state index contributed by atoms with van der Waals surface area (Å²) in [5, 5.41) is 3.19. The van der Waals surface area contributed by atoms with Crippen LogP contribution in [0.4, 0.5) is 5.69 Å². The van der Waals surface area contributed by atoms with E-state index in [4.69, 9.17) is 4.42 Å². The van der Waals surface area contributed by atoms with E-state index >= 15 is 0 Å². The lowest BCUT2D eigenvalue weighted by Gasteiger charge is -2.08. The summed E-state index contributed by atoms with van der Waals surface area (Å²) in [6.07, 6.45) is 0.974. The Morgan fingerprint density at radius 3 is 2.62 bits per heavy atom. The van der Waals surface area contributed by atoms with Crippen LogP contribution in [0.25, 0.3) is 0 Å². The number of nitrogens with one attached hydrogen (secondary N) is 1. The molecule has 0 saturated heterocycles. The first-order valence-electron chi connectivity index (χ1n) is 6.77. The Hall–Kier alpha value is -1.79. The van der Waals surface area contributed by atoms with Crippen LogP contribution in [-0.2, 0) is 23.0 Å². The van der Waals surface area contributed by atoms with E-state index in [9.17, 15) is 8.42 Å². The summed E-state index contributed by atoms with van der Waals surface area (Å²) in [5.74, 6) is 0.581. The van der Waals surface area contributed by atoms with Crippen molar-refractivity contribution >= 4 is 15.7 Å². The molecule has 1 N–H and O–H groups in total. The number of aryl methyl sites for hydroxylation is 1. The van der Waals surface area contributed by atoms with Gasteiger partial charge in [0.1, 0.15) is 5.76 Å². The van der Waals surface area contributed by atoms with Gasteiger partial charge in [0.15, 0.2) is 0 Å². The Labute approximate surface area is 125 Å². The predicted octanol–water partition coefficient (Wildman–Crippen LogP) is 2.70. The smallest absolute Gasteiger partial charge is 0.275 e. The van der Waals surface area contributed by atoms with Gasteiger partial charge in [0.2, 0.25) is 5.09 Å². The van der Waals surface area contributed by atoms with Gasteiger partial charge in [0.05, 0.1) is 6.54 Å². The lowest BCUT2D eigenvalue weighted by molar-refractivity contribution is 0.402. The molecule has 0 atom stereocenters. The Bertz CT molecular complexity index is 705. The maximum absolute atomic E-state index is 11.9. The summed E-state index contributed by atoms with van der Waals surface area (Å²) in [7, 11) is -0.554. The number of hydrogen-bond acceptors (Lipinski definition) is 4. The van der Waals surface area contributed by atoms with Crippen molar-refractivity contribution in [1.82, 2.24) is 4.31 Å². The summed E-state index contributed by atoms with van der Waals surface area (Å²) in [6, 6.07) is 11.3. The molecule has 2 rings (SSSR count). The fraction of sp³-hybridized carbons (Fsp3) is 0.333. The van der Waals surface area contributed by atoms with Crippen molar-refractivity contribution < 1.29 is 12.8 Å². The van der Waals surface area contributed by atoms with E-state index in [1.807, 2.05) is 12.1 Å². The third-order valence-electron chi connectivity index (χ3n) is 3.17. The Kier molecular flexibility index (Phi) is 4.69. The molecule has 0 bridgehead atoms. The highest BCUT2D eigenvalue weighted by molar-refractivity contribution is 7.88. The van der Waals surface area contributed by atoms with Crippen LogP contribution in [-0.4, -0.2) is 26.8 Å². The van der Waals surface area contributed by atoms with Gasteiger partial charge in [-0.1, -0.05) is 19.1 Å². The van der Waals surface area contributed by atoms with E-state index in [0.29, 0.717) is 12.3 Å². The highest BCUT2D eigenvalue weighted by Gasteiger charge is 2.21. The van der Waals surface area contributed by atoms with Crippen molar-refractivity contribution in [2.75, 3.05) is 19.4 Å². The van der Waals surface area contributed by atoms with E-state index in [1.165, 1.54) is 25.7 Å². The van der Waals surface area contributed by atoms with Gasteiger partial charge in [-0.05, 0) is 36.2 Å². The van der Waals surface area contributed by atoms with Crippen LogP contribution in [0.5, 0.6) is 0 Å². The molecule has 0 radical (unpaired) electrons. The van der Waals surface area contributed by atoms with Crippen molar-refractivity contribution in [3.05, 3.63) is 47.7 Å². The number of anilines is 1. The number of sulfonamides is 1. The van der Waals surface area contributed by atoms with E-state index < -0.39 is 10.0 Å². The fourth-order valence-corrected chi connectivity index (χ4v) is 2.67. The molecule has 114 valence electrons. The number of nitrogens with zero attached hydrogens (tertiary/aromatic N) is 1. The zero-order valence-electron chi connectivity index (χ0n) is 12.5. The van der Waals surface area contributed by atoms with Crippen molar-refractivity contribution in [3.63, 3.8) is 0 Å². The first-order valence-corrected chi connectivity index (χ1v) is 8.21. The number of furan rings is 1. The SMILES string of the molecule is CCc1cccc(NCc2ccc(S(=O)(=O)N(C)C)o2)c1. The standard InChI is InChI=1S/C15H20N2O3S/c1-4-12-6-5-7-13(10-12)16-11-14-8-9-15(20-14)21(18,19)17(2)3/h5-10,16H,4,11H2,1-3H3. The monoisotopic (exact) mass is 308 g/mol. The quantitative estimate of drug-likeness (QED) is 0.891. The third kappa shape index (κ3) is 3.65. The molecule has 0 amide bonds. The van der Waals surface area contributed by atoms with Gasteiger partial charge in [0.25, 0.3) is 10.0 Å². The minimum Gasteiger partial charge on any atom is -0.446 e. The second-order valence-corrected chi connectivity index (χ2v) is 7.00. The summed E-state index contributed by atoms with van der Waals surface area (Å²) < 4.78 is 30.4. The van der Waals surface area contributed by atoms with Gasteiger partial charge >= 0.3 is 0 Å². The van der Waals surface area contributed by atoms with E-state index in [-0.39, 0.29) is 5.09 Å². The highest BCUT2D eigenvalue weighted by Crippen LogP contribution is 2.18. The first kappa shape index (κ1) is 15.6. The molecule has 0 spiro atoms. The molecule has 1 heterocycles. The Balaban J connectivity index is 2.06. The second kappa shape index (κ2) is 6.32. The molecule has 1 aromatic heterocycles. The number of benzene rings is 1. The lowest BCUT2D eigenvalue weighted by Crippen LogP contribution is -2.21. The fourth-order valence-electron chi connectivity index (χ4n) is 1.86. The second-order valence-electron chi connectivity index (χ2n) is 4.92.